The minimum atomic E-state index is -0.238. The van der Waals surface area contributed by atoms with Gasteiger partial charge in [-0.3, -0.25) is 0 Å². The molecule has 0 fully saturated rings. The lowest BCUT2D eigenvalue weighted by Crippen LogP contribution is -2.23. The van der Waals surface area contributed by atoms with Crippen LogP contribution in [0.5, 0.6) is 5.75 Å². The van der Waals surface area contributed by atoms with Gasteiger partial charge in [-0.15, -0.1) is 0 Å². The van der Waals surface area contributed by atoms with Crippen molar-refractivity contribution in [3.8, 4) is 5.75 Å². The highest BCUT2D eigenvalue weighted by molar-refractivity contribution is 6.32. The van der Waals surface area contributed by atoms with Crippen LogP contribution < -0.4 is 10.1 Å². The molecule has 112 valence electrons. The zero-order valence-electron chi connectivity index (χ0n) is 12.4. The van der Waals surface area contributed by atoms with E-state index in [1.54, 1.807) is 19.2 Å². The van der Waals surface area contributed by atoms with Gasteiger partial charge < -0.3 is 10.1 Å². The maximum atomic E-state index is 13.6. The summed E-state index contributed by atoms with van der Waals surface area (Å²) in [6, 6.07) is 10.4. The van der Waals surface area contributed by atoms with Crippen LogP contribution in [0, 0.1) is 12.7 Å². The van der Waals surface area contributed by atoms with E-state index in [1.807, 2.05) is 32.0 Å². The molecular weight excluding hydrogens is 289 g/mol. The van der Waals surface area contributed by atoms with Crippen LogP contribution in [0.15, 0.2) is 36.4 Å². The summed E-state index contributed by atoms with van der Waals surface area (Å²) in [5, 5.41) is 3.93. The summed E-state index contributed by atoms with van der Waals surface area (Å²) < 4.78 is 18.8. The van der Waals surface area contributed by atoms with E-state index in [-0.39, 0.29) is 11.9 Å². The number of methoxy groups -OCH3 is 1. The van der Waals surface area contributed by atoms with Crippen molar-refractivity contribution in [3.05, 3.63) is 63.9 Å². The van der Waals surface area contributed by atoms with Gasteiger partial charge in [0.15, 0.2) is 0 Å². The SMILES string of the molecule is CCNC(c1ccc(OC)c(Cl)c1)c1cc(F)ccc1C. The van der Waals surface area contributed by atoms with Crippen LogP contribution >= 0.6 is 11.6 Å². The Morgan fingerprint density at radius 2 is 2.00 bits per heavy atom. The minimum Gasteiger partial charge on any atom is -0.495 e. The van der Waals surface area contributed by atoms with Gasteiger partial charge in [0.05, 0.1) is 18.2 Å². The average Bonchev–Trinajstić information content (AvgIpc) is 2.47. The topological polar surface area (TPSA) is 21.3 Å². The van der Waals surface area contributed by atoms with E-state index < -0.39 is 0 Å². The highest BCUT2D eigenvalue weighted by Gasteiger charge is 2.17. The Bertz CT molecular complexity index is 630. The normalized spacial score (nSPS) is 12.2. The highest BCUT2D eigenvalue weighted by atomic mass is 35.5. The molecule has 1 unspecified atom stereocenters. The highest BCUT2D eigenvalue weighted by Crippen LogP contribution is 2.31. The Morgan fingerprint density at radius 1 is 1.24 bits per heavy atom. The van der Waals surface area contributed by atoms with Gasteiger partial charge in [-0.1, -0.05) is 30.7 Å². The molecule has 0 radical (unpaired) electrons. The van der Waals surface area contributed by atoms with Gasteiger partial charge in [-0.2, -0.15) is 0 Å². The molecule has 1 atom stereocenters. The van der Waals surface area contributed by atoms with Crippen LogP contribution in [0.2, 0.25) is 5.02 Å². The third-order valence-electron chi connectivity index (χ3n) is 3.47. The molecule has 0 heterocycles. The summed E-state index contributed by atoms with van der Waals surface area (Å²) >= 11 is 6.21. The summed E-state index contributed by atoms with van der Waals surface area (Å²) in [5.74, 6) is 0.393. The van der Waals surface area contributed by atoms with Crippen LogP contribution in [0.4, 0.5) is 4.39 Å². The van der Waals surface area contributed by atoms with Crippen molar-refractivity contribution in [2.75, 3.05) is 13.7 Å². The Kier molecular flexibility index (Phi) is 5.21. The maximum Gasteiger partial charge on any atom is 0.137 e. The van der Waals surface area contributed by atoms with Gasteiger partial charge in [0.1, 0.15) is 11.6 Å². The zero-order valence-corrected chi connectivity index (χ0v) is 13.2. The van der Waals surface area contributed by atoms with Gasteiger partial charge >= 0.3 is 0 Å². The Balaban J connectivity index is 2.48. The fraction of sp³-hybridized carbons (Fsp3) is 0.294. The van der Waals surface area contributed by atoms with Gasteiger partial charge in [0, 0.05) is 0 Å². The molecule has 0 amide bonds. The smallest absolute Gasteiger partial charge is 0.137 e. The first kappa shape index (κ1) is 15.8. The largest absolute Gasteiger partial charge is 0.495 e. The first-order chi connectivity index (χ1) is 10.1. The van der Waals surface area contributed by atoms with E-state index in [1.165, 1.54) is 6.07 Å². The summed E-state index contributed by atoms with van der Waals surface area (Å²) in [6.07, 6.45) is 0. The second-order valence-electron chi connectivity index (χ2n) is 4.89. The lowest BCUT2D eigenvalue weighted by atomic mass is 9.94. The number of nitrogens with one attached hydrogen (secondary N) is 1. The predicted octanol–water partition coefficient (Wildman–Crippen LogP) is 4.50. The Labute approximate surface area is 129 Å². The molecule has 1 N–H and O–H groups in total. The van der Waals surface area contributed by atoms with Gasteiger partial charge in [0.25, 0.3) is 0 Å². The van der Waals surface area contributed by atoms with Crippen LogP contribution in [0.1, 0.15) is 29.7 Å². The average molecular weight is 308 g/mol. The van der Waals surface area contributed by atoms with Crippen molar-refractivity contribution in [3.63, 3.8) is 0 Å². The van der Waals surface area contributed by atoms with Crippen molar-refractivity contribution < 1.29 is 9.13 Å². The second-order valence-corrected chi connectivity index (χ2v) is 5.29. The maximum absolute atomic E-state index is 13.6. The third-order valence-corrected chi connectivity index (χ3v) is 3.77. The van der Waals surface area contributed by atoms with E-state index in [9.17, 15) is 4.39 Å². The molecule has 0 saturated carbocycles. The first-order valence-electron chi connectivity index (χ1n) is 6.89. The molecule has 2 nitrogen and oxygen atoms in total. The quantitative estimate of drug-likeness (QED) is 0.878. The number of halogens is 2. The predicted molar refractivity (Wildman–Crippen MR) is 84.7 cm³/mol. The van der Waals surface area contributed by atoms with Crippen LogP contribution in [0.25, 0.3) is 0 Å². The zero-order chi connectivity index (χ0) is 15.4. The van der Waals surface area contributed by atoms with E-state index in [2.05, 4.69) is 5.32 Å². The molecule has 2 aromatic rings. The molecule has 2 aromatic carbocycles. The molecule has 0 aliphatic heterocycles. The first-order valence-corrected chi connectivity index (χ1v) is 7.27. The fourth-order valence-corrected chi connectivity index (χ4v) is 2.66. The number of aryl methyl sites for hydroxylation is 1. The monoisotopic (exact) mass is 307 g/mol. The molecule has 21 heavy (non-hydrogen) atoms. The second kappa shape index (κ2) is 6.92. The fourth-order valence-electron chi connectivity index (χ4n) is 2.40. The van der Waals surface area contributed by atoms with Crippen molar-refractivity contribution in [2.45, 2.75) is 19.9 Å². The Hall–Kier alpha value is -1.58. The number of ether oxygens (including phenoxy) is 1. The molecule has 0 aliphatic carbocycles. The third kappa shape index (κ3) is 3.55. The van der Waals surface area contributed by atoms with E-state index in [0.717, 1.165) is 23.2 Å². The van der Waals surface area contributed by atoms with E-state index in [0.29, 0.717) is 10.8 Å². The number of hydrogen-bond donors (Lipinski definition) is 1. The molecule has 0 aliphatic rings. The van der Waals surface area contributed by atoms with Gasteiger partial charge in [-0.25, -0.2) is 4.39 Å². The number of rotatable bonds is 5. The van der Waals surface area contributed by atoms with E-state index in [4.69, 9.17) is 16.3 Å². The van der Waals surface area contributed by atoms with Crippen molar-refractivity contribution in [1.29, 1.82) is 0 Å². The molecule has 0 aromatic heterocycles. The lowest BCUT2D eigenvalue weighted by molar-refractivity contribution is 0.414. The van der Waals surface area contributed by atoms with Crippen LogP contribution in [-0.2, 0) is 0 Å². The molecule has 0 saturated heterocycles. The molecule has 2 rings (SSSR count). The minimum absolute atomic E-state index is 0.103. The van der Waals surface area contributed by atoms with Crippen molar-refractivity contribution >= 4 is 11.6 Å². The molecule has 4 heteroatoms. The van der Waals surface area contributed by atoms with Crippen molar-refractivity contribution in [2.24, 2.45) is 0 Å². The molecular formula is C17H19ClFNO. The molecule has 0 bridgehead atoms. The van der Waals surface area contributed by atoms with Gasteiger partial charge in [-0.05, 0) is 54.4 Å². The van der Waals surface area contributed by atoms with Crippen LogP contribution in [-0.4, -0.2) is 13.7 Å². The summed E-state index contributed by atoms with van der Waals surface area (Å²) in [6.45, 7) is 4.77. The number of hydrogen-bond acceptors (Lipinski definition) is 2. The summed E-state index contributed by atoms with van der Waals surface area (Å²) in [7, 11) is 1.58. The van der Waals surface area contributed by atoms with Crippen molar-refractivity contribution in [1.82, 2.24) is 5.32 Å². The standard InChI is InChI=1S/C17H19ClFNO/c1-4-20-17(14-10-13(19)7-5-11(14)2)12-6-8-16(21-3)15(18)9-12/h5-10,17,20H,4H2,1-3H3. The van der Waals surface area contributed by atoms with Gasteiger partial charge in [0.2, 0.25) is 0 Å². The Morgan fingerprint density at radius 3 is 2.62 bits per heavy atom. The summed E-state index contributed by atoms with van der Waals surface area (Å²) in [5.41, 5.74) is 2.93. The molecule has 0 spiro atoms. The van der Waals surface area contributed by atoms with Crippen LogP contribution in [0.3, 0.4) is 0 Å². The number of benzene rings is 2. The van der Waals surface area contributed by atoms with E-state index >= 15 is 0 Å². The lowest BCUT2D eigenvalue weighted by Gasteiger charge is -2.21. The summed E-state index contributed by atoms with van der Waals surface area (Å²) in [4.78, 5) is 0.